The molecule has 1 fully saturated rings. The summed E-state index contributed by atoms with van der Waals surface area (Å²) in [4.78, 5) is 146. The first-order valence-corrected chi connectivity index (χ1v) is 24.3. The lowest BCUT2D eigenvalue weighted by Crippen LogP contribution is -2.62. The predicted molar refractivity (Wildman–Crippen MR) is 259 cm³/mol. The van der Waals surface area contributed by atoms with Crippen molar-refractivity contribution in [3.05, 3.63) is 29.8 Å². The van der Waals surface area contributed by atoms with Gasteiger partial charge in [-0.25, -0.2) is 0 Å². The third-order valence-electron chi connectivity index (χ3n) is 11.7. The average molecular weight is 1040 g/mol. The SMILES string of the molecule is CC(C)CCCCCCCCC[C@@H]1CC(=O)N[C@@H](CC(N)=O)C(=O)N[C@H](Cc2ccc(O)cc2)C(=O)N[C@H](CC(N)=O)C(=O)N[C@@H](CO)C(=O)N[C@@H](CCC(=O)O)C(=O)N[C@H](CO)C(=O)N[C@@H]([C@@H](C)O)C(=O)N1. The van der Waals surface area contributed by atoms with E-state index in [9.17, 15) is 78.3 Å². The quantitative estimate of drug-likeness (QED) is 0.0498. The fourth-order valence-corrected chi connectivity index (χ4v) is 7.66. The second-order valence-corrected chi connectivity index (χ2v) is 18.5. The largest absolute Gasteiger partial charge is 0.508 e. The number of carbonyl (C=O) groups excluding carboxylic acids is 10. The van der Waals surface area contributed by atoms with Crippen LogP contribution in [-0.4, -0.2) is 158 Å². The number of phenols is 1. The number of rotatable bonds is 22. The van der Waals surface area contributed by atoms with E-state index in [1.807, 2.05) is 0 Å². The van der Waals surface area contributed by atoms with Gasteiger partial charge in [-0.3, -0.25) is 52.7 Å². The van der Waals surface area contributed by atoms with Crippen LogP contribution in [-0.2, 0) is 59.2 Å². The van der Waals surface area contributed by atoms with Gasteiger partial charge in [0.05, 0.1) is 32.2 Å². The highest BCUT2D eigenvalue weighted by Gasteiger charge is 2.36. The lowest BCUT2D eigenvalue weighted by Gasteiger charge is -2.28. The monoisotopic (exact) mass is 1030 g/mol. The van der Waals surface area contributed by atoms with E-state index in [0.717, 1.165) is 45.4 Å². The van der Waals surface area contributed by atoms with Crippen molar-refractivity contribution in [1.82, 2.24) is 42.5 Å². The molecule has 9 atom stereocenters. The molecule has 1 aliphatic heterocycles. The summed E-state index contributed by atoms with van der Waals surface area (Å²) >= 11 is 0. The zero-order valence-electron chi connectivity index (χ0n) is 41.5. The summed E-state index contributed by atoms with van der Waals surface area (Å²) < 4.78 is 0. The maximum atomic E-state index is 14.1. The molecule has 1 saturated heterocycles. The molecule has 10 amide bonds. The molecule has 0 spiro atoms. The number of aliphatic hydroxyl groups is 3. The summed E-state index contributed by atoms with van der Waals surface area (Å²) in [7, 11) is 0. The third-order valence-corrected chi connectivity index (χ3v) is 11.7. The minimum atomic E-state index is -1.98. The number of phenolic OH excluding ortho intramolecular Hbond substituents is 1. The number of benzene rings is 1. The van der Waals surface area contributed by atoms with Gasteiger partial charge in [0.15, 0.2) is 0 Å². The third kappa shape index (κ3) is 23.9. The smallest absolute Gasteiger partial charge is 0.303 e. The minimum absolute atomic E-state index is 0.157. The summed E-state index contributed by atoms with van der Waals surface area (Å²) in [5.74, 6) is -12.6. The van der Waals surface area contributed by atoms with Crippen molar-refractivity contribution in [3.8, 4) is 5.75 Å². The summed E-state index contributed by atoms with van der Waals surface area (Å²) in [5.41, 5.74) is 11.2. The van der Waals surface area contributed by atoms with E-state index in [0.29, 0.717) is 24.3 Å². The van der Waals surface area contributed by atoms with Gasteiger partial charge >= 0.3 is 5.97 Å². The molecule has 26 nitrogen and oxygen atoms in total. The number of aliphatic carboxylic acids is 1. The van der Waals surface area contributed by atoms with Crippen LogP contribution in [0, 0.1) is 5.92 Å². The van der Waals surface area contributed by atoms with Gasteiger partial charge in [-0.2, -0.15) is 0 Å². The molecule has 0 unspecified atom stereocenters. The summed E-state index contributed by atoms with van der Waals surface area (Å²) in [6.07, 6.45) is 1.62. The molecule has 0 aliphatic carbocycles. The lowest BCUT2D eigenvalue weighted by molar-refractivity contribution is -0.139. The van der Waals surface area contributed by atoms with E-state index in [1.165, 1.54) is 24.3 Å². The summed E-state index contributed by atoms with van der Waals surface area (Å²) in [5, 5.41) is 68.6. The highest BCUT2D eigenvalue weighted by molar-refractivity contribution is 5.99. The van der Waals surface area contributed by atoms with Crippen molar-refractivity contribution in [1.29, 1.82) is 0 Å². The molecule has 17 N–H and O–H groups in total. The van der Waals surface area contributed by atoms with Gasteiger partial charge in [-0.1, -0.05) is 77.3 Å². The number of nitrogens with one attached hydrogen (secondary N) is 8. The van der Waals surface area contributed by atoms with Crippen molar-refractivity contribution < 1.29 is 78.3 Å². The molecule has 408 valence electrons. The first kappa shape index (κ1) is 62.2. The predicted octanol–water partition coefficient (Wildman–Crippen LogP) is -3.64. The number of primary amides is 2. The number of hydrogen-bond acceptors (Lipinski definition) is 15. The second kappa shape index (κ2) is 32.2. The topological polar surface area (TPSA) is 437 Å². The number of aromatic hydroxyl groups is 1. The van der Waals surface area contributed by atoms with Gasteiger partial charge in [0.25, 0.3) is 0 Å². The normalized spacial score (nSPS) is 23.9. The minimum Gasteiger partial charge on any atom is -0.508 e. The molecule has 0 radical (unpaired) electrons. The summed E-state index contributed by atoms with van der Waals surface area (Å²) in [6.45, 7) is 3.12. The molecule has 1 aliphatic rings. The van der Waals surface area contributed by atoms with E-state index in [4.69, 9.17) is 11.5 Å². The molecular weight excluding hydrogens is 961 g/mol. The number of aliphatic hydroxyl groups excluding tert-OH is 3. The van der Waals surface area contributed by atoms with E-state index < -0.39 is 165 Å². The van der Waals surface area contributed by atoms with Crippen LogP contribution >= 0.6 is 0 Å². The first-order chi connectivity index (χ1) is 34.4. The Morgan fingerprint density at radius 1 is 0.562 bits per heavy atom. The van der Waals surface area contributed by atoms with Gasteiger partial charge in [-0.05, 0) is 43.4 Å². The fraction of sp³-hybridized carbons (Fsp3) is 0.638. The van der Waals surface area contributed by atoms with Crippen LogP contribution in [0.2, 0.25) is 0 Å². The van der Waals surface area contributed by atoms with Crippen molar-refractivity contribution in [2.45, 2.75) is 172 Å². The molecule has 0 saturated carbocycles. The van der Waals surface area contributed by atoms with Crippen molar-refractivity contribution in [3.63, 3.8) is 0 Å². The molecular formula is C47H74N10O16. The highest BCUT2D eigenvalue weighted by atomic mass is 16.4. The van der Waals surface area contributed by atoms with Crippen molar-refractivity contribution in [2.24, 2.45) is 17.4 Å². The highest BCUT2D eigenvalue weighted by Crippen LogP contribution is 2.16. The van der Waals surface area contributed by atoms with E-state index in [-0.39, 0.29) is 18.6 Å². The molecule has 0 aromatic heterocycles. The van der Waals surface area contributed by atoms with Crippen LogP contribution in [0.25, 0.3) is 0 Å². The molecule has 1 aromatic carbocycles. The van der Waals surface area contributed by atoms with Crippen LogP contribution < -0.4 is 54.0 Å². The van der Waals surface area contributed by atoms with Gasteiger partial charge in [0, 0.05) is 25.3 Å². The Hall–Kier alpha value is -6.93. The van der Waals surface area contributed by atoms with Gasteiger partial charge in [-0.15, -0.1) is 0 Å². The van der Waals surface area contributed by atoms with Crippen LogP contribution in [0.5, 0.6) is 5.75 Å². The molecule has 1 heterocycles. The fourth-order valence-electron chi connectivity index (χ4n) is 7.66. The molecule has 0 bridgehead atoms. The standard InChI is InChI=1S/C47H74N10O16/c1-25(2)11-9-7-5-4-6-8-10-12-28-20-38(64)51-32(21-36(48)62)43(69)53-31(19-27-13-15-29(61)16-14-27)42(68)54-33(22-37(49)63)44(70)56-34(23-58)45(71)52-30(17-18-39(65)66)41(67)55-35(24-59)46(72)57-40(26(3)60)47(73)50-28/h13-16,25-26,28,30-35,40,58-61H,4-12,17-24H2,1-3H3,(H2,48,62)(H2,49,63)(H,50,73)(H,51,64)(H,52,71)(H,53,69)(H,54,68)(H,55,67)(H,56,70)(H,57,72)(H,65,66)/t26-,28-,30+,31-,32+,33-,34+,35-,40+/m1/s1. The van der Waals surface area contributed by atoms with Crippen molar-refractivity contribution >= 4 is 65.0 Å². The molecule has 2 rings (SSSR count). The average Bonchev–Trinajstić information content (AvgIpc) is 3.30. The number of carboxylic acids is 1. The van der Waals surface area contributed by atoms with E-state index >= 15 is 0 Å². The lowest BCUT2D eigenvalue weighted by atomic mass is 10.0. The number of carboxylic acid groups (broad SMARTS) is 1. The Morgan fingerprint density at radius 3 is 1.51 bits per heavy atom. The zero-order valence-corrected chi connectivity index (χ0v) is 41.5. The van der Waals surface area contributed by atoms with Crippen LogP contribution in [0.4, 0.5) is 0 Å². The number of carbonyl (C=O) groups is 11. The van der Waals surface area contributed by atoms with E-state index in [2.05, 4.69) is 56.4 Å². The van der Waals surface area contributed by atoms with E-state index in [1.54, 1.807) is 0 Å². The van der Waals surface area contributed by atoms with Crippen LogP contribution in [0.15, 0.2) is 24.3 Å². The van der Waals surface area contributed by atoms with Crippen molar-refractivity contribution in [2.75, 3.05) is 13.2 Å². The summed E-state index contributed by atoms with van der Waals surface area (Å²) in [6, 6.07) is -8.62. The Balaban J connectivity index is 2.69. The maximum Gasteiger partial charge on any atom is 0.303 e. The zero-order chi connectivity index (χ0) is 54.8. The molecule has 1 aromatic rings. The van der Waals surface area contributed by atoms with Gasteiger partial charge < -0.3 is 79.5 Å². The Morgan fingerprint density at radius 2 is 1.00 bits per heavy atom. The van der Waals surface area contributed by atoms with Gasteiger partial charge in [0.2, 0.25) is 59.1 Å². The van der Waals surface area contributed by atoms with Gasteiger partial charge in [0.1, 0.15) is 48.0 Å². The number of nitrogens with two attached hydrogens (primary N) is 2. The molecule has 73 heavy (non-hydrogen) atoms. The number of amides is 10. The number of unbranched alkanes of at least 4 members (excludes halogenated alkanes) is 6. The molecule has 26 heteroatoms. The Bertz CT molecular complexity index is 2060. The maximum absolute atomic E-state index is 14.1. The first-order valence-electron chi connectivity index (χ1n) is 24.3. The Kier molecular flexibility index (Phi) is 27.4. The second-order valence-electron chi connectivity index (χ2n) is 18.5. The van der Waals surface area contributed by atoms with Crippen LogP contribution in [0.3, 0.4) is 0 Å². The Labute approximate surface area is 422 Å². The number of hydrogen-bond donors (Lipinski definition) is 15. The van der Waals surface area contributed by atoms with Crippen LogP contribution in [0.1, 0.15) is 116 Å².